The van der Waals surface area contributed by atoms with Gasteiger partial charge < -0.3 is 0 Å². The average Bonchev–Trinajstić information content (AvgIpc) is 2.36. The zero-order chi connectivity index (χ0) is 15.1. The molecule has 5 heteroatoms. The van der Waals surface area contributed by atoms with Crippen LogP contribution in [0.25, 0.3) is 19.7 Å². The van der Waals surface area contributed by atoms with Gasteiger partial charge in [0.1, 0.15) is 0 Å². The summed E-state index contributed by atoms with van der Waals surface area (Å²) in [7, 11) is -2.20. The molecule has 1 heterocycles. The molecule has 0 fully saturated rings. The van der Waals surface area contributed by atoms with E-state index in [0.717, 1.165) is 19.6 Å². The molecular formula is C16H16O3PSe+. The normalized spacial score (nSPS) is 11.0. The molecule has 0 unspecified atom stereocenters. The van der Waals surface area contributed by atoms with E-state index in [1.54, 1.807) is 0 Å². The molecule has 0 aliphatic rings. The number of benzene rings is 2. The molecule has 0 spiro atoms. The van der Waals surface area contributed by atoms with Crippen molar-refractivity contribution < 1.29 is 13.0 Å². The van der Waals surface area contributed by atoms with Gasteiger partial charge >= 0.3 is 129 Å². The van der Waals surface area contributed by atoms with Gasteiger partial charge in [-0.25, -0.2) is 0 Å². The van der Waals surface area contributed by atoms with Crippen LogP contribution in [0.15, 0.2) is 32.7 Å². The van der Waals surface area contributed by atoms with Crippen LogP contribution in [0.5, 0.6) is 0 Å². The van der Waals surface area contributed by atoms with Gasteiger partial charge in [0.15, 0.2) is 0 Å². The van der Waals surface area contributed by atoms with Crippen LogP contribution in [0.4, 0.5) is 0 Å². The molecule has 1 aromatic heterocycles. The van der Waals surface area contributed by atoms with Crippen molar-refractivity contribution in [3.63, 3.8) is 0 Å². The third-order valence-electron chi connectivity index (χ3n) is 3.32. The van der Waals surface area contributed by atoms with Crippen molar-refractivity contribution in [1.29, 1.82) is 0 Å². The Balaban J connectivity index is 2.62. The topological polar surface area (TPSA) is 43.4 Å². The molecule has 0 bridgehead atoms. The number of rotatable bonds is 0. The Morgan fingerprint density at radius 1 is 0.810 bits per heavy atom. The van der Waals surface area contributed by atoms with E-state index < -0.39 is 7.89 Å². The summed E-state index contributed by atoms with van der Waals surface area (Å²) >= 11 is 0.0643. The molecule has 0 N–H and O–H groups in total. The molecule has 21 heavy (non-hydrogen) atoms. The summed E-state index contributed by atoms with van der Waals surface area (Å²) in [4.78, 5) is 0. The summed E-state index contributed by atoms with van der Waals surface area (Å²) in [5.74, 6) is 0. The van der Waals surface area contributed by atoms with Gasteiger partial charge in [0.05, 0.1) is 0 Å². The van der Waals surface area contributed by atoms with Crippen molar-refractivity contribution in [2.24, 2.45) is 0 Å². The second-order valence-corrected chi connectivity index (χ2v) is 8.41. The molecule has 3 aromatic rings. The van der Waals surface area contributed by atoms with Crippen LogP contribution in [0.2, 0.25) is 0 Å². The maximum absolute atomic E-state index is 12.1. The first-order valence-electron chi connectivity index (χ1n) is 6.67. The second-order valence-electron chi connectivity index (χ2n) is 5.33. The summed E-state index contributed by atoms with van der Waals surface area (Å²) in [6.45, 7) is 8.10. The molecule has 0 aliphatic carbocycles. The van der Waals surface area contributed by atoms with Crippen molar-refractivity contribution in [3.05, 3.63) is 46.5 Å². The van der Waals surface area contributed by atoms with Crippen LogP contribution in [0, 0.1) is 27.7 Å². The molecule has 108 valence electrons. The predicted molar refractivity (Wildman–Crippen MR) is 87.1 cm³/mol. The number of hydrogen-bond acceptors (Lipinski definition) is 3. The van der Waals surface area contributed by atoms with E-state index in [2.05, 4.69) is 26.0 Å². The standard InChI is InChI=1S/C16H16O3PSe/c1-9-5-11(3)15-13(7-9)21-14-8-10(2)6-12(4)16(14)19-20(17)18-15/h5-8H,1-4H3/q+1. The molecule has 3 rings (SSSR count). The Kier molecular flexibility index (Phi) is 3.79. The van der Waals surface area contributed by atoms with E-state index in [4.69, 9.17) is 8.39 Å². The molecule has 0 saturated heterocycles. The second kappa shape index (κ2) is 5.46. The number of hydrogen-bond donors (Lipinski definition) is 0. The molecule has 0 aliphatic heterocycles. The Hall–Kier alpha value is -1.34. The van der Waals surface area contributed by atoms with Crippen LogP contribution >= 0.6 is 7.89 Å². The van der Waals surface area contributed by atoms with Gasteiger partial charge in [-0.15, -0.1) is 0 Å². The first-order valence-corrected chi connectivity index (χ1v) is 9.48. The molecular weight excluding hydrogens is 350 g/mol. The zero-order valence-corrected chi connectivity index (χ0v) is 15.0. The molecule has 0 radical (unpaired) electrons. The van der Waals surface area contributed by atoms with Crippen LogP contribution in [0.1, 0.15) is 22.3 Å². The first-order chi connectivity index (χ1) is 9.94. The Morgan fingerprint density at radius 3 is 1.67 bits per heavy atom. The fraction of sp³-hybridized carbons (Fsp3) is 0.250. The van der Waals surface area contributed by atoms with Gasteiger partial charge in [-0.05, 0) is 0 Å². The van der Waals surface area contributed by atoms with Gasteiger partial charge in [-0.1, -0.05) is 0 Å². The van der Waals surface area contributed by atoms with Gasteiger partial charge in [0, 0.05) is 0 Å². The molecule has 3 nitrogen and oxygen atoms in total. The van der Waals surface area contributed by atoms with Crippen molar-refractivity contribution in [2.75, 3.05) is 0 Å². The summed E-state index contributed by atoms with van der Waals surface area (Å²) < 4.78 is 25.5. The fourth-order valence-electron chi connectivity index (χ4n) is 2.50. The third kappa shape index (κ3) is 2.85. The first kappa shape index (κ1) is 14.6. The van der Waals surface area contributed by atoms with Crippen LogP contribution in [-0.4, -0.2) is 14.5 Å². The predicted octanol–water partition coefficient (Wildman–Crippen LogP) is 5.34. The Labute approximate surface area is 129 Å². The third-order valence-corrected chi connectivity index (χ3v) is 6.18. The Morgan fingerprint density at radius 2 is 1.24 bits per heavy atom. The van der Waals surface area contributed by atoms with Crippen molar-refractivity contribution >= 4 is 42.1 Å². The molecule has 0 saturated carbocycles. The maximum atomic E-state index is 12.1. The van der Waals surface area contributed by atoms with Crippen LogP contribution < -0.4 is 0 Å². The van der Waals surface area contributed by atoms with Crippen LogP contribution in [-0.2, 0) is 4.57 Å². The average molecular weight is 366 g/mol. The monoisotopic (exact) mass is 367 g/mol. The fourth-order valence-corrected chi connectivity index (χ4v) is 6.36. The van der Waals surface area contributed by atoms with Gasteiger partial charge in [0.25, 0.3) is 0 Å². The quantitative estimate of drug-likeness (QED) is 0.505. The van der Waals surface area contributed by atoms with E-state index in [0.29, 0.717) is 11.2 Å². The van der Waals surface area contributed by atoms with E-state index in [1.165, 1.54) is 11.1 Å². The molecule has 0 atom stereocenters. The number of fused-ring (bicyclic) bond motifs is 2. The van der Waals surface area contributed by atoms with Crippen molar-refractivity contribution in [1.82, 2.24) is 0 Å². The minimum absolute atomic E-state index is 0.0643. The van der Waals surface area contributed by atoms with E-state index >= 15 is 0 Å². The van der Waals surface area contributed by atoms with Crippen molar-refractivity contribution in [3.8, 4) is 0 Å². The molecule has 2 aromatic carbocycles. The summed E-state index contributed by atoms with van der Waals surface area (Å²) in [6, 6.07) is 8.33. The molecule has 0 amide bonds. The summed E-state index contributed by atoms with van der Waals surface area (Å²) in [5.41, 5.74) is 5.83. The van der Waals surface area contributed by atoms with Gasteiger partial charge in [-0.2, -0.15) is 0 Å². The van der Waals surface area contributed by atoms with Gasteiger partial charge in [-0.3, -0.25) is 0 Å². The number of aryl methyl sites for hydroxylation is 4. The van der Waals surface area contributed by atoms with E-state index in [-0.39, 0.29) is 14.5 Å². The van der Waals surface area contributed by atoms with E-state index in [9.17, 15) is 4.57 Å². The van der Waals surface area contributed by atoms with E-state index in [1.807, 2.05) is 26.0 Å². The van der Waals surface area contributed by atoms with Crippen LogP contribution in [0.3, 0.4) is 0 Å². The minimum atomic E-state index is -2.20. The SMILES string of the molecule is Cc1cc(C)c2o[p+](=O)oc3c(C)cc(C)cc3[se]c2c1. The van der Waals surface area contributed by atoms with Crippen molar-refractivity contribution in [2.45, 2.75) is 27.7 Å². The zero-order valence-electron chi connectivity index (χ0n) is 12.4. The Bertz CT molecular complexity index is 887. The summed E-state index contributed by atoms with van der Waals surface area (Å²) in [6.07, 6.45) is 0. The van der Waals surface area contributed by atoms with Gasteiger partial charge in [0.2, 0.25) is 0 Å². The summed E-state index contributed by atoms with van der Waals surface area (Å²) in [5, 5.41) is 0.